The van der Waals surface area contributed by atoms with Gasteiger partial charge in [-0.1, -0.05) is 69.4 Å². The molecule has 0 saturated carbocycles. The normalized spacial score (nSPS) is 12.2. The van der Waals surface area contributed by atoms with Gasteiger partial charge in [-0.25, -0.2) is 4.70 Å². The van der Waals surface area contributed by atoms with Crippen LogP contribution in [0.2, 0.25) is 0 Å². The Balaban J connectivity index is 0.00000159. The minimum atomic E-state index is 0. The van der Waals surface area contributed by atoms with Crippen molar-refractivity contribution in [1.82, 2.24) is 0 Å². The van der Waals surface area contributed by atoms with Gasteiger partial charge in [0.05, 0.1) is 0 Å². The van der Waals surface area contributed by atoms with Crippen molar-refractivity contribution in [3.05, 3.63) is 98.6 Å². The number of unbranched alkanes of at least 4 members (excludes halogenated alkanes) is 4. The third kappa shape index (κ3) is 11.4. The summed E-state index contributed by atoms with van der Waals surface area (Å²) in [7, 11) is 7.00. The van der Waals surface area contributed by atoms with Crippen LogP contribution >= 0.6 is 0 Å². The van der Waals surface area contributed by atoms with E-state index < -0.39 is 0 Å². The molecule has 0 radical (unpaired) electrons. The Morgan fingerprint density at radius 3 is 1.94 bits per heavy atom. The van der Waals surface area contributed by atoms with E-state index in [2.05, 4.69) is 86.0 Å². The molecular formula is C31H46N4Pd. The summed E-state index contributed by atoms with van der Waals surface area (Å²) in [4.78, 5) is 0. The molecule has 4 nitrogen and oxygen atoms in total. The van der Waals surface area contributed by atoms with Crippen LogP contribution < -0.4 is 0 Å². The van der Waals surface area contributed by atoms with Crippen LogP contribution in [-0.2, 0) is 26.8 Å². The van der Waals surface area contributed by atoms with E-state index in [9.17, 15) is 5.53 Å². The Labute approximate surface area is 234 Å². The molecule has 0 aliphatic carbocycles. The van der Waals surface area contributed by atoms with Gasteiger partial charge in [-0.15, -0.1) is 0 Å². The Hall–Kier alpha value is -1.90. The number of rotatable bonds is 10. The Morgan fingerprint density at radius 2 is 1.36 bits per heavy atom. The van der Waals surface area contributed by atoms with E-state index in [0.29, 0.717) is 0 Å². The molecule has 1 aliphatic rings. The first-order valence-electron chi connectivity index (χ1n) is 13.0. The molecule has 2 aromatic carbocycles. The zero-order valence-corrected chi connectivity index (χ0v) is 25.0. The van der Waals surface area contributed by atoms with Gasteiger partial charge in [-0.3, -0.25) is 0 Å². The molecule has 0 N–H and O–H groups in total. The summed E-state index contributed by atoms with van der Waals surface area (Å²) < 4.78 is 1.42. The first-order chi connectivity index (χ1) is 17.0. The zero-order valence-electron chi connectivity index (χ0n) is 23.5. The second kappa shape index (κ2) is 20.2. The average molecular weight is 581 g/mol. The van der Waals surface area contributed by atoms with Crippen LogP contribution in [0.3, 0.4) is 0 Å². The maximum atomic E-state index is 11.2. The quantitative estimate of drug-likeness (QED) is 0.153. The standard InChI is InChI=1S/C27H34N2.2C2H6N.Pd/c1-4-6-8-9-13-25-20-26(24-14-10-12-22(19-24)11-7-5-2)29(28)27(25)23-17-15-21(3)16-18-23;2*1-3-2;/h10,12,14-20H,4-9,11,13H2,1-3H3;2*1-2H3;/q;2*-1;+2. The molecule has 0 saturated heterocycles. The Kier molecular flexibility index (Phi) is 19.1. The van der Waals surface area contributed by atoms with Crippen LogP contribution in [0.15, 0.2) is 60.2 Å². The van der Waals surface area contributed by atoms with E-state index in [1.165, 1.54) is 53.5 Å². The maximum absolute atomic E-state index is 11.2. The minimum Gasteiger partial charge on any atom is -0.668 e. The van der Waals surface area contributed by atoms with Gasteiger partial charge in [0.1, 0.15) is 0 Å². The Bertz CT molecular complexity index is 943. The predicted molar refractivity (Wildman–Crippen MR) is 154 cm³/mol. The summed E-state index contributed by atoms with van der Waals surface area (Å²) in [6.07, 6.45) is 11.6. The minimum absolute atomic E-state index is 0. The smallest absolute Gasteiger partial charge is 0.668 e. The third-order valence-corrected chi connectivity index (χ3v) is 5.72. The van der Waals surface area contributed by atoms with Crippen molar-refractivity contribution in [2.24, 2.45) is 0 Å². The van der Waals surface area contributed by atoms with Gasteiger partial charge in [0.15, 0.2) is 0 Å². The number of hydrogen-bond donors (Lipinski definition) is 0. The summed E-state index contributed by atoms with van der Waals surface area (Å²) in [5.74, 6) is 0. The SMILES string of the molecule is CCCCCCC1=C(c2ccc(C)cc2)[N+](=[N-])C(c2cccc(CCCC)c2)=C1.C[N-]C.C[N-]C.[Pd+2]. The summed E-state index contributed by atoms with van der Waals surface area (Å²) in [6, 6.07) is 17.1. The fourth-order valence-corrected chi connectivity index (χ4v) is 3.98. The molecule has 0 fully saturated rings. The number of hydrogen-bond acceptors (Lipinski definition) is 0. The number of aryl methyl sites for hydroxylation is 2. The fourth-order valence-electron chi connectivity index (χ4n) is 3.98. The fraction of sp³-hybridized carbons (Fsp3) is 0.484. The van der Waals surface area contributed by atoms with Crippen molar-refractivity contribution >= 4 is 11.4 Å². The number of nitrogens with zero attached hydrogens (tertiary/aromatic N) is 4. The van der Waals surface area contributed by atoms with E-state index in [4.69, 9.17) is 0 Å². The topological polar surface area (TPSA) is 53.5 Å². The van der Waals surface area contributed by atoms with Crippen LogP contribution in [0.25, 0.3) is 27.6 Å². The molecule has 5 heteroatoms. The summed E-state index contributed by atoms with van der Waals surface area (Å²) in [6.45, 7) is 6.56. The van der Waals surface area contributed by atoms with Gasteiger partial charge in [-0.05, 0) is 62.4 Å². The molecule has 36 heavy (non-hydrogen) atoms. The van der Waals surface area contributed by atoms with Crippen LogP contribution in [-0.4, -0.2) is 32.9 Å². The monoisotopic (exact) mass is 580 g/mol. The third-order valence-electron chi connectivity index (χ3n) is 5.72. The van der Waals surface area contributed by atoms with Gasteiger partial charge in [-0.2, -0.15) is 28.2 Å². The van der Waals surface area contributed by atoms with Gasteiger partial charge in [0.2, 0.25) is 11.4 Å². The largest absolute Gasteiger partial charge is 2.00 e. The van der Waals surface area contributed by atoms with Gasteiger partial charge in [0, 0.05) is 22.8 Å². The average Bonchev–Trinajstić information content (AvgIpc) is 3.18. The van der Waals surface area contributed by atoms with E-state index in [1.807, 2.05) is 0 Å². The summed E-state index contributed by atoms with van der Waals surface area (Å²) >= 11 is 0. The van der Waals surface area contributed by atoms with Crippen molar-refractivity contribution in [1.29, 1.82) is 0 Å². The predicted octanol–water partition coefficient (Wildman–Crippen LogP) is 9.34. The first kappa shape index (κ1) is 34.1. The second-order valence-electron chi connectivity index (χ2n) is 9.09. The van der Waals surface area contributed by atoms with Crippen molar-refractivity contribution in [3.8, 4) is 0 Å². The molecule has 1 heterocycles. The van der Waals surface area contributed by atoms with Crippen molar-refractivity contribution in [2.45, 2.75) is 72.1 Å². The zero-order chi connectivity index (χ0) is 26.1. The molecule has 0 spiro atoms. The first-order valence-corrected chi connectivity index (χ1v) is 13.0. The summed E-state index contributed by atoms with van der Waals surface area (Å²) in [5, 5.41) is 7.00. The van der Waals surface area contributed by atoms with E-state index in [-0.39, 0.29) is 20.4 Å². The molecule has 0 aromatic heterocycles. The molecular weight excluding hydrogens is 535 g/mol. The molecule has 0 bridgehead atoms. The number of benzene rings is 2. The summed E-state index contributed by atoms with van der Waals surface area (Å²) in [5.41, 5.74) is 19.0. The number of allylic oxidation sites excluding steroid dienone is 2. The molecule has 0 atom stereocenters. The van der Waals surface area contributed by atoms with E-state index in [0.717, 1.165) is 41.8 Å². The Morgan fingerprint density at radius 1 is 0.750 bits per heavy atom. The molecule has 200 valence electrons. The molecule has 0 amide bonds. The van der Waals surface area contributed by atoms with Gasteiger partial charge in [0.25, 0.3) is 0 Å². The van der Waals surface area contributed by atoms with Gasteiger partial charge < -0.3 is 16.2 Å². The van der Waals surface area contributed by atoms with Crippen molar-refractivity contribution < 1.29 is 25.1 Å². The molecule has 3 rings (SSSR count). The van der Waals surface area contributed by atoms with Crippen LogP contribution in [0.5, 0.6) is 0 Å². The maximum Gasteiger partial charge on any atom is 2.00 e. The van der Waals surface area contributed by atoms with Crippen molar-refractivity contribution in [3.63, 3.8) is 0 Å². The van der Waals surface area contributed by atoms with Crippen LogP contribution in [0.4, 0.5) is 0 Å². The second-order valence-corrected chi connectivity index (χ2v) is 9.09. The molecule has 2 aromatic rings. The molecule has 0 unspecified atom stereocenters. The van der Waals surface area contributed by atoms with E-state index >= 15 is 0 Å². The molecule has 1 aliphatic heterocycles. The van der Waals surface area contributed by atoms with Gasteiger partial charge >= 0.3 is 20.4 Å². The van der Waals surface area contributed by atoms with E-state index in [1.54, 1.807) is 28.2 Å². The van der Waals surface area contributed by atoms with Crippen LogP contribution in [0.1, 0.15) is 81.0 Å². The van der Waals surface area contributed by atoms with Crippen LogP contribution in [0, 0.1) is 6.92 Å². The van der Waals surface area contributed by atoms with Crippen molar-refractivity contribution in [2.75, 3.05) is 28.2 Å².